The van der Waals surface area contributed by atoms with Gasteiger partial charge in [-0.25, -0.2) is 4.98 Å². The molecule has 1 aromatic heterocycles. The van der Waals surface area contributed by atoms with Crippen LogP contribution in [-0.4, -0.2) is 25.2 Å². The van der Waals surface area contributed by atoms with Crippen molar-refractivity contribution >= 4 is 38.3 Å². The molecule has 0 aliphatic carbocycles. The number of rotatable bonds is 6. The van der Waals surface area contributed by atoms with Gasteiger partial charge in [-0.05, 0) is 31.0 Å². The van der Waals surface area contributed by atoms with Crippen LogP contribution >= 0.6 is 22.9 Å². The van der Waals surface area contributed by atoms with Gasteiger partial charge in [0, 0.05) is 25.3 Å². The Balaban J connectivity index is 1.91. The Hall–Kier alpha value is -0.840. The van der Waals surface area contributed by atoms with Crippen LogP contribution in [-0.2, 0) is 4.74 Å². The van der Waals surface area contributed by atoms with Gasteiger partial charge >= 0.3 is 0 Å². The molecular weight excluding hydrogens is 256 g/mol. The third-order valence-corrected chi connectivity index (χ3v) is 3.61. The molecule has 0 spiro atoms. The van der Waals surface area contributed by atoms with Crippen LogP contribution in [0, 0.1) is 0 Å². The quantitative estimate of drug-likeness (QED) is 0.811. The zero-order chi connectivity index (χ0) is 12.1. The first kappa shape index (κ1) is 12.6. The van der Waals surface area contributed by atoms with Crippen molar-refractivity contribution in [1.82, 2.24) is 4.98 Å². The van der Waals surface area contributed by atoms with E-state index in [0.717, 1.165) is 46.4 Å². The molecule has 0 aliphatic heterocycles. The van der Waals surface area contributed by atoms with Crippen LogP contribution in [0.5, 0.6) is 0 Å². The highest BCUT2D eigenvalue weighted by Gasteiger charge is 2.03. The number of thiazole rings is 1. The zero-order valence-corrected chi connectivity index (χ0v) is 11.3. The summed E-state index contributed by atoms with van der Waals surface area (Å²) in [6.07, 6.45) is 2.16. The number of benzene rings is 1. The number of unbranched alkanes of at least 4 members (excludes halogenated alkanes) is 1. The molecule has 17 heavy (non-hydrogen) atoms. The minimum absolute atomic E-state index is 0.757. The van der Waals surface area contributed by atoms with E-state index in [4.69, 9.17) is 16.3 Å². The smallest absolute Gasteiger partial charge is 0.183 e. The van der Waals surface area contributed by atoms with Crippen molar-refractivity contribution in [1.29, 1.82) is 0 Å². The summed E-state index contributed by atoms with van der Waals surface area (Å²) in [5.41, 5.74) is 0.999. The second-order valence-electron chi connectivity index (χ2n) is 3.76. The van der Waals surface area contributed by atoms with Crippen molar-refractivity contribution in [3.8, 4) is 0 Å². The first-order chi connectivity index (χ1) is 8.29. The maximum atomic E-state index is 5.93. The second-order valence-corrected chi connectivity index (χ2v) is 5.22. The van der Waals surface area contributed by atoms with Gasteiger partial charge < -0.3 is 10.1 Å². The Morgan fingerprint density at radius 2 is 2.29 bits per heavy atom. The van der Waals surface area contributed by atoms with Crippen molar-refractivity contribution in [2.24, 2.45) is 0 Å². The SMILES string of the molecule is COCCCCNc1nc2ccc(Cl)cc2s1. The lowest BCUT2D eigenvalue weighted by atomic mass is 10.3. The highest BCUT2D eigenvalue weighted by molar-refractivity contribution is 7.22. The third kappa shape index (κ3) is 3.56. The van der Waals surface area contributed by atoms with Crippen molar-refractivity contribution in [2.45, 2.75) is 12.8 Å². The predicted octanol–water partition coefficient (Wildman–Crippen LogP) is 3.79. The summed E-state index contributed by atoms with van der Waals surface area (Å²) in [5, 5.41) is 5.04. The molecule has 0 bridgehead atoms. The molecule has 1 heterocycles. The molecular formula is C12H15ClN2OS. The molecule has 0 fully saturated rings. The maximum absolute atomic E-state index is 5.93. The minimum atomic E-state index is 0.757. The Labute approximate surface area is 110 Å². The number of ether oxygens (including phenoxy) is 1. The second kappa shape index (κ2) is 6.19. The number of fused-ring (bicyclic) bond motifs is 1. The highest BCUT2D eigenvalue weighted by Crippen LogP contribution is 2.28. The van der Waals surface area contributed by atoms with E-state index in [9.17, 15) is 0 Å². The zero-order valence-electron chi connectivity index (χ0n) is 9.70. The van der Waals surface area contributed by atoms with Crippen LogP contribution in [0.4, 0.5) is 5.13 Å². The lowest BCUT2D eigenvalue weighted by molar-refractivity contribution is 0.194. The van der Waals surface area contributed by atoms with Crippen LogP contribution in [0.2, 0.25) is 5.02 Å². The predicted molar refractivity (Wildman–Crippen MR) is 74.2 cm³/mol. The van der Waals surface area contributed by atoms with Gasteiger partial charge in [0.1, 0.15) is 0 Å². The Morgan fingerprint density at radius 1 is 1.41 bits per heavy atom. The lowest BCUT2D eigenvalue weighted by Gasteiger charge is -2.01. The van der Waals surface area contributed by atoms with Crippen LogP contribution in [0.3, 0.4) is 0 Å². The molecule has 5 heteroatoms. The highest BCUT2D eigenvalue weighted by atomic mass is 35.5. The van der Waals surface area contributed by atoms with E-state index in [1.54, 1.807) is 18.4 Å². The van der Waals surface area contributed by atoms with Gasteiger partial charge in [-0.3, -0.25) is 0 Å². The van der Waals surface area contributed by atoms with E-state index in [1.807, 2.05) is 18.2 Å². The van der Waals surface area contributed by atoms with Crippen molar-refractivity contribution < 1.29 is 4.74 Å². The molecule has 1 N–H and O–H groups in total. The van der Waals surface area contributed by atoms with Gasteiger partial charge in [-0.2, -0.15) is 0 Å². The topological polar surface area (TPSA) is 34.1 Å². The van der Waals surface area contributed by atoms with Crippen molar-refractivity contribution in [2.75, 3.05) is 25.6 Å². The number of nitrogens with one attached hydrogen (secondary N) is 1. The van der Waals surface area contributed by atoms with Gasteiger partial charge in [-0.15, -0.1) is 0 Å². The number of anilines is 1. The van der Waals surface area contributed by atoms with Crippen LogP contribution in [0.25, 0.3) is 10.2 Å². The van der Waals surface area contributed by atoms with Gasteiger partial charge in [0.25, 0.3) is 0 Å². The Kier molecular flexibility index (Phi) is 4.59. The summed E-state index contributed by atoms with van der Waals surface area (Å²) in [6.45, 7) is 1.74. The molecule has 0 aliphatic rings. The van der Waals surface area contributed by atoms with Gasteiger partial charge in [0.15, 0.2) is 5.13 Å². The van der Waals surface area contributed by atoms with Gasteiger partial charge in [0.2, 0.25) is 0 Å². The third-order valence-electron chi connectivity index (χ3n) is 2.40. The van der Waals surface area contributed by atoms with Crippen LogP contribution in [0.1, 0.15) is 12.8 Å². The molecule has 0 radical (unpaired) electrons. The summed E-state index contributed by atoms with van der Waals surface area (Å²) in [4.78, 5) is 4.49. The minimum Gasteiger partial charge on any atom is -0.385 e. The average molecular weight is 271 g/mol. The van der Waals surface area contributed by atoms with Crippen LogP contribution in [0.15, 0.2) is 18.2 Å². The van der Waals surface area contributed by atoms with E-state index < -0.39 is 0 Å². The monoisotopic (exact) mass is 270 g/mol. The number of aromatic nitrogens is 1. The Bertz CT molecular complexity index is 486. The fraction of sp³-hybridized carbons (Fsp3) is 0.417. The summed E-state index contributed by atoms with van der Waals surface area (Å²) in [7, 11) is 1.73. The molecule has 1 aromatic carbocycles. The largest absolute Gasteiger partial charge is 0.385 e. The Morgan fingerprint density at radius 3 is 3.12 bits per heavy atom. The first-order valence-corrected chi connectivity index (χ1v) is 6.78. The summed E-state index contributed by atoms with van der Waals surface area (Å²) < 4.78 is 6.12. The number of halogens is 1. The number of nitrogens with zero attached hydrogens (tertiary/aromatic N) is 1. The molecule has 0 amide bonds. The standard InChI is InChI=1S/C12H15ClN2OS/c1-16-7-3-2-6-14-12-15-10-5-4-9(13)8-11(10)17-12/h4-5,8H,2-3,6-7H2,1H3,(H,14,15). The van der Waals surface area contributed by atoms with E-state index in [2.05, 4.69) is 10.3 Å². The van der Waals surface area contributed by atoms with Crippen molar-refractivity contribution in [3.63, 3.8) is 0 Å². The number of hydrogen-bond donors (Lipinski definition) is 1. The summed E-state index contributed by atoms with van der Waals surface area (Å²) >= 11 is 7.57. The average Bonchev–Trinajstić information content (AvgIpc) is 2.70. The molecule has 3 nitrogen and oxygen atoms in total. The molecule has 0 saturated carbocycles. The van der Waals surface area contributed by atoms with E-state index >= 15 is 0 Å². The van der Waals surface area contributed by atoms with Crippen LogP contribution < -0.4 is 5.32 Å². The molecule has 0 atom stereocenters. The summed E-state index contributed by atoms with van der Waals surface area (Å²) in [5.74, 6) is 0. The molecule has 0 saturated heterocycles. The number of hydrogen-bond acceptors (Lipinski definition) is 4. The molecule has 0 unspecified atom stereocenters. The fourth-order valence-corrected chi connectivity index (χ4v) is 2.71. The summed E-state index contributed by atoms with van der Waals surface area (Å²) in [6, 6.07) is 5.76. The number of methoxy groups -OCH3 is 1. The molecule has 2 aromatic rings. The van der Waals surface area contributed by atoms with Gasteiger partial charge in [-0.1, -0.05) is 22.9 Å². The normalized spacial score (nSPS) is 10.9. The lowest BCUT2D eigenvalue weighted by Crippen LogP contribution is -2.02. The van der Waals surface area contributed by atoms with E-state index in [0.29, 0.717) is 0 Å². The van der Waals surface area contributed by atoms with Gasteiger partial charge in [0.05, 0.1) is 10.2 Å². The fourth-order valence-electron chi connectivity index (χ4n) is 1.54. The van der Waals surface area contributed by atoms with Crippen molar-refractivity contribution in [3.05, 3.63) is 23.2 Å². The molecule has 2 rings (SSSR count). The van der Waals surface area contributed by atoms with E-state index in [-0.39, 0.29) is 0 Å². The van der Waals surface area contributed by atoms with E-state index in [1.165, 1.54) is 0 Å². The molecule has 92 valence electrons. The maximum Gasteiger partial charge on any atom is 0.183 e. The first-order valence-electron chi connectivity index (χ1n) is 5.58.